The molecule has 9 heteroatoms. The molecule has 8 nitrogen and oxygen atoms in total. The molecule has 1 saturated heterocycles. The van der Waals surface area contributed by atoms with E-state index in [-0.39, 0.29) is 17.0 Å². The maximum absolute atomic E-state index is 12.6. The minimum absolute atomic E-state index is 0.109. The van der Waals surface area contributed by atoms with E-state index in [0.29, 0.717) is 44.0 Å². The van der Waals surface area contributed by atoms with Gasteiger partial charge in [-0.15, -0.1) is 0 Å². The number of ether oxygens (including phenoxy) is 3. The molecule has 1 fully saturated rings. The van der Waals surface area contributed by atoms with E-state index in [4.69, 9.17) is 14.2 Å². The van der Waals surface area contributed by atoms with Crippen LogP contribution >= 0.6 is 0 Å². The molecule has 1 aliphatic rings. The fourth-order valence-electron chi connectivity index (χ4n) is 2.67. The van der Waals surface area contributed by atoms with Crippen molar-refractivity contribution in [1.29, 1.82) is 0 Å². The maximum atomic E-state index is 12.6. The normalized spacial score (nSPS) is 15.7. The Morgan fingerprint density at radius 3 is 2.40 bits per heavy atom. The van der Waals surface area contributed by atoms with Crippen LogP contribution < -0.4 is 14.2 Å². The number of rotatable bonds is 6. The molecule has 0 bridgehead atoms. The van der Waals surface area contributed by atoms with Gasteiger partial charge in [-0.3, -0.25) is 0 Å². The summed E-state index contributed by atoms with van der Waals surface area (Å²) in [4.78, 5) is 13.4. The van der Waals surface area contributed by atoms with Crippen molar-refractivity contribution in [3.05, 3.63) is 18.2 Å². The lowest BCUT2D eigenvalue weighted by Crippen LogP contribution is -2.46. The third kappa shape index (κ3) is 4.76. The van der Waals surface area contributed by atoms with Crippen LogP contribution in [0.25, 0.3) is 0 Å². The van der Waals surface area contributed by atoms with Gasteiger partial charge in [-0.1, -0.05) is 0 Å². The van der Waals surface area contributed by atoms with Gasteiger partial charge in [-0.05, 0) is 31.9 Å². The van der Waals surface area contributed by atoms with Crippen LogP contribution in [0.4, 0.5) is 4.79 Å². The predicted octanol–water partition coefficient (Wildman–Crippen LogP) is 1.60. The van der Waals surface area contributed by atoms with Gasteiger partial charge in [-0.25, -0.2) is 17.9 Å². The highest BCUT2D eigenvalue weighted by molar-refractivity contribution is 7.89. The fraction of sp³-hybridized carbons (Fsp3) is 0.562. The lowest BCUT2D eigenvalue weighted by Gasteiger charge is -2.31. The summed E-state index contributed by atoms with van der Waals surface area (Å²) in [5.74, 6) is 0.812. The van der Waals surface area contributed by atoms with Crippen LogP contribution in [0.3, 0.4) is 0 Å². The first-order chi connectivity index (χ1) is 11.9. The predicted molar refractivity (Wildman–Crippen MR) is 91.5 cm³/mol. The Kier molecular flexibility index (Phi) is 6.49. The van der Waals surface area contributed by atoms with Crippen molar-refractivity contribution in [3.8, 4) is 11.5 Å². The molecule has 0 atom stereocenters. The van der Waals surface area contributed by atoms with Crippen LogP contribution in [-0.4, -0.2) is 59.4 Å². The third-order valence-corrected chi connectivity index (χ3v) is 5.53. The number of benzene rings is 1. The summed E-state index contributed by atoms with van der Waals surface area (Å²) < 4.78 is 43.1. The van der Waals surface area contributed by atoms with Gasteiger partial charge in [-0.2, -0.15) is 0 Å². The molecule has 1 N–H and O–H groups in total. The molecule has 25 heavy (non-hydrogen) atoms. The van der Waals surface area contributed by atoms with Gasteiger partial charge in [0.15, 0.2) is 11.5 Å². The van der Waals surface area contributed by atoms with E-state index in [1.807, 2.05) is 0 Å². The molecular formula is C16H24N2O6S. The van der Waals surface area contributed by atoms with Crippen LogP contribution in [0.2, 0.25) is 0 Å². The smallest absolute Gasteiger partial charge is 0.409 e. The zero-order valence-electron chi connectivity index (χ0n) is 14.6. The highest BCUT2D eigenvalue weighted by atomic mass is 32.2. The van der Waals surface area contributed by atoms with Crippen molar-refractivity contribution in [2.75, 3.05) is 33.9 Å². The average molecular weight is 372 g/mol. The van der Waals surface area contributed by atoms with Crippen LogP contribution in [0.5, 0.6) is 11.5 Å². The second kappa shape index (κ2) is 8.39. The third-order valence-electron chi connectivity index (χ3n) is 4.01. The van der Waals surface area contributed by atoms with Gasteiger partial charge in [0.05, 0.1) is 25.7 Å². The molecule has 0 saturated carbocycles. The summed E-state index contributed by atoms with van der Waals surface area (Å²) in [5.41, 5.74) is 0. The van der Waals surface area contributed by atoms with E-state index < -0.39 is 10.0 Å². The summed E-state index contributed by atoms with van der Waals surface area (Å²) >= 11 is 0. The van der Waals surface area contributed by atoms with Crippen molar-refractivity contribution in [3.63, 3.8) is 0 Å². The number of hydrogen-bond donors (Lipinski definition) is 1. The van der Waals surface area contributed by atoms with Gasteiger partial charge in [0.2, 0.25) is 10.0 Å². The molecule has 1 aliphatic heterocycles. The van der Waals surface area contributed by atoms with Gasteiger partial charge in [0.1, 0.15) is 0 Å². The Labute approximate surface area is 148 Å². The molecule has 140 valence electrons. The number of methoxy groups -OCH3 is 2. The highest BCUT2D eigenvalue weighted by Gasteiger charge is 2.27. The lowest BCUT2D eigenvalue weighted by molar-refractivity contribution is 0.0966. The topological polar surface area (TPSA) is 94.2 Å². The monoisotopic (exact) mass is 372 g/mol. The minimum atomic E-state index is -3.69. The molecule has 0 spiro atoms. The molecule has 0 aromatic heterocycles. The van der Waals surface area contributed by atoms with Gasteiger partial charge in [0, 0.05) is 25.2 Å². The lowest BCUT2D eigenvalue weighted by atomic mass is 10.1. The van der Waals surface area contributed by atoms with E-state index in [0.717, 1.165) is 0 Å². The number of nitrogens with one attached hydrogen (secondary N) is 1. The summed E-state index contributed by atoms with van der Waals surface area (Å²) in [6.45, 7) is 2.99. The number of piperidine rings is 1. The number of carbonyl (C=O) groups excluding carboxylic acids is 1. The Hall–Kier alpha value is -2.00. The number of carbonyl (C=O) groups is 1. The van der Waals surface area contributed by atoms with Crippen molar-refractivity contribution < 1.29 is 27.4 Å². The number of amides is 1. The molecule has 1 aromatic rings. The minimum Gasteiger partial charge on any atom is -0.493 e. The van der Waals surface area contributed by atoms with Gasteiger partial charge >= 0.3 is 6.09 Å². The first kappa shape index (κ1) is 19.3. The van der Waals surface area contributed by atoms with Crippen molar-refractivity contribution in [1.82, 2.24) is 9.62 Å². The summed E-state index contributed by atoms with van der Waals surface area (Å²) in [7, 11) is -0.747. The van der Waals surface area contributed by atoms with E-state index in [1.165, 1.54) is 26.4 Å². The molecule has 1 amide bonds. The van der Waals surface area contributed by atoms with Crippen LogP contribution in [0.1, 0.15) is 19.8 Å². The molecule has 0 unspecified atom stereocenters. The number of nitrogens with zero attached hydrogens (tertiary/aromatic N) is 1. The molecule has 1 aromatic carbocycles. The first-order valence-electron chi connectivity index (χ1n) is 8.07. The zero-order valence-corrected chi connectivity index (χ0v) is 15.5. The summed E-state index contributed by atoms with van der Waals surface area (Å²) in [6, 6.07) is 4.21. The Morgan fingerprint density at radius 1 is 1.20 bits per heavy atom. The number of hydrogen-bond acceptors (Lipinski definition) is 6. The van der Waals surface area contributed by atoms with Crippen molar-refractivity contribution in [2.45, 2.75) is 30.7 Å². The van der Waals surface area contributed by atoms with Gasteiger partial charge in [0.25, 0.3) is 0 Å². The SMILES string of the molecule is CCOC(=O)N1CCC(NS(=O)(=O)c2ccc(OC)c(OC)c2)CC1. The largest absolute Gasteiger partial charge is 0.493 e. The fourth-order valence-corrected chi connectivity index (χ4v) is 3.99. The van der Waals surface area contributed by atoms with Crippen LogP contribution in [-0.2, 0) is 14.8 Å². The second-order valence-corrected chi connectivity index (χ2v) is 7.31. The molecular weight excluding hydrogens is 348 g/mol. The van der Waals surface area contributed by atoms with Crippen LogP contribution in [0.15, 0.2) is 23.1 Å². The quantitative estimate of drug-likeness (QED) is 0.815. The number of likely N-dealkylation sites (tertiary alicyclic amines) is 1. The molecule has 0 aliphatic carbocycles. The van der Waals surface area contributed by atoms with Crippen molar-refractivity contribution >= 4 is 16.1 Å². The van der Waals surface area contributed by atoms with E-state index >= 15 is 0 Å². The molecule has 2 rings (SSSR count). The number of sulfonamides is 1. The average Bonchev–Trinajstić information content (AvgIpc) is 2.61. The zero-order chi connectivity index (χ0) is 18.4. The second-order valence-electron chi connectivity index (χ2n) is 5.60. The summed E-state index contributed by atoms with van der Waals surface area (Å²) in [6.07, 6.45) is 0.708. The van der Waals surface area contributed by atoms with Gasteiger partial charge < -0.3 is 19.1 Å². The Morgan fingerprint density at radius 2 is 1.84 bits per heavy atom. The van der Waals surface area contributed by atoms with Crippen molar-refractivity contribution in [2.24, 2.45) is 0 Å². The highest BCUT2D eigenvalue weighted by Crippen LogP contribution is 2.29. The first-order valence-corrected chi connectivity index (χ1v) is 9.55. The summed E-state index contributed by atoms with van der Waals surface area (Å²) in [5, 5.41) is 0. The van der Waals surface area contributed by atoms with E-state index in [2.05, 4.69) is 4.72 Å². The van der Waals surface area contributed by atoms with E-state index in [9.17, 15) is 13.2 Å². The Bertz CT molecular complexity index is 699. The maximum Gasteiger partial charge on any atom is 0.409 e. The molecule has 0 radical (unpaired) electrons. The van der Waals surface area contributed by atoms with E-state index in [1.54, 1.807) is 17.9 Å². The Balaban J connectivity index is 2.02. The van der Waals surface area contributed by atoms with Crippen LogP contribution in [0, 0.1) is 0 Å². The molecule has 1 heterocycles. The standard InChI is InChI=1S/C16H24N2O6S/c1-4-24-16(19)18-9-7-12(8-10-18)17-25(20,21)13-5-6-14(22-2)15(11-13)23-3/h5-6,11-12,17H,4,7-10H2,1-3H3.